The van der Waals surface area contributed by atoms with Crippen molar-refractivity contribution in [3.05, 3.63) is 65.2 Å². The largest absolute Gasteiger partial charge is 0.474 e. The van der Waals surface area contributed by atoms with Gasteiger partial charge in [0.1, 0.15) is 18.6 Å². The van der Waals surface area contributed by atoms with Gasteiger partial charge in [-0.15, -0.1) is 0 Å². The zero-order chi connectivity index (χ0) is 23.2. The monoisotopic (exact) mass is 451 g/mol. The first-order chi connectivity index (χ1) is 14.4. The average molecular weight is 451 g/mol. The van der Waals surface area contributed by atoms with Gasteiger partial charge in [-0.3, -0.25) is 5.32 Å². The topological polar surface area (TPSA) is 67.8 Å². The molecule has 0 amide bonds. The molecule has 0 radical (unpaired) electrons. The van der Waals surface area contributed by atoms with Crippen LogP contribution in [0.4, 0.5) is 26.3 Å². The number of alkyl halides is 6. The van der Waals surface area contributed by atoms with Crippen LogP contribution in [0.25, 0.3) is 0 Å². The molecule has 2 N–H and O–H groups in total. The summed E-state index contributed by atoms with van der Waals surface area (Å²) in [6.45, 7) is 1.26. The number of aliphatic hydroxyl groups is 1. The summed E-state index contributed by atoms with van der Waals surface area (Å²) in [5.74, 6) is -1.22. The Bertz CT molecular complexity index is 865. The van der Waals surface area contributed by atoms with E-state index in [4.69, 9.17) is 14.6 Å². The summed E-state index contributed by atoms with van der Waals surface area (Å²) in [6, 6.07) is 7.12. The summed E-state index contributed by atoms with van der Waals surface area (Å²) in [4.78, 5) is 12.5. The van der Waals surface area contributed by atoms with Crippen molar-refractivity contribution >= 4 is 5.97 Å². The highest BCUT2D eigenvalue weighted by atomic mass is 19.4. The molecule has 0 bridgehead atoms. The molecule has 2 aromatic carbocycles. The van der Waals surface area contributed by atoms with Crippen LogP contribution in [0, 0.1) is 0 Å². The summed E-state index contributed by atoms with van der Waals surface area (Å²) < 4.78 is 87.7. The van der Waals surface area contributed by atoms with Gasteiger partial charge in [0, 0.05) is 12.1 Å². The average Bonchev–Trinajstić information content (AvgIpc) is 2.68. The molecular weight excluding hydrogens is 432 g/mol. The van der Waals surface area contributed by atoms with Crippen LogP contribution in [-0.2, 0) is 21.9 Å². The SMILES string of the molecule is CC(O)NCCOC(=O)C(Oc1ccc(C(F)(F)F)cc1)c1cccc(C(F)(F)F)c1. The summed E-state index contributed by atoms with van der Waals surface area (Å²) in [5, 5.41) is 11.7. The normalized spacial score (nSPS) is 14.1. The van der Waals surface area contributed by atoms with E-state index in [9.17, 15) is 31.1 Å². The van der Waals surface area contributed by atoms with Crippen LogP contribution >= 0.6 is 0 Å². The molecule has 5 nitrogen and oxygen atoms in total. The molecule has 0 spiro atoms. The maximum absolute atomic E-state index is 13.0. The van der Waals surface area contributed by atoms with Crippen molar-refractivity contribution in [1.82, 2.24) is 5.32 Å². The second-order valence-corrected chi connectivity index (χ2v) is 6.44. The summed E-state index contributed by atoms with van der Waals surface area (Å²) in [7, 11) is 0. The number of carbonyl (C=O) groups excluding carboxylic acids is 1. The highest BCUT2D eigenvalue weighted by molar-refractivity contribution is 5.77. The zero-order valence-electron chi connectivity index (χ0n) is 16.1. The molecule has 0 aliphatic heterocycles. The van der Waals surface area contributed by atoms with Crippen molar-refractivity contribution < 1.29 is 45.7 Å². The molecule has 0 saturated carbocycles. The van der Waals surface area contributed by atoms with Gasteiger partial charge in [-0.25, -0.2) is 4.79 Å². The predicted octanol–water partition coefficient (Wildman–Crippen LogP) is 4.32. The summed E-state index contributed by atoms with van der Waals surface area (Å²) in [5.41, 5.74) is -2.18. The van der Waals surface area contributed by atoms with Crippen molar-refractivity contribution in [3.63, 3.8) is 0 Å². The van der Waals surface area contributed by atoms with E-state index in [1.165, 1.54) is 13.0 Å². The number of esters is 1. The van der Waals surface area contributed by atoms with Crippen LogP contribution in [0.1, 0.15) is 29.7 Å². The molecular formula is C20H19F6NO4. The van der Waals surface area contributed by atoms with Crippen molar-refractivity contribution in [1.29, 1.82) is 0 Å². The Morgan fingerprint density at radius 2 is 1.61 bits per heavy atom. The first-order valence-corrected chi connectivity index (χ1v) is 8.97. The van der Waals surface area contributed by atoms with Crippen LogP contribution in [0.15, 0.2) is 48.5 Å². The minimum atomic E-state index is -4.68. The highest BCUT2D eigenvalue weighted by Crippen LogP contribution is 2.34. The van der Waals surface area contributed by atoms with Crippen LogP contribution in [-0.4, -0.2) is 30.5 Å². The lowest BCUT2D eigenvalue weighted by Crippen LogP contribution is -2.31. The van der Waals surface area contributed by atoms with Crippen molar-refractivity contribution in [3.8, 4) is 5.75 Å². The molecule has 0 fully saturated rings. The molecule has 0 aliphatic rings. The van der Waals surface area contributed by atoms with E-state index in [1.807, 2.05) is 0 Å². The number of hydrogen-bond donors (Lipinski definition) is 2. The first kappa shape index (κ1) is 24.5. The fraction of sp³-hybridized carbons (Fsp3) is 0.350. The van der Waals surface area contributed by atoms with Gasteiger partial charge < -0.3 is 14.6 Å². The number of rotatable bonds is 8. The van der Waals surface area contributed by atoms with Crippen LogP contribution in [0.3, 0.4) is 0 Å². The Labute approximate surface area is 173 Å². The van der Waals surface area contributed by atoms with Crippen molar-refractivity contribution in [2.45, 2.75) is 31.6 Å². The minimum absolute atomic E-state index is 0.0546. The summed E-state index contributed by atoms with van der Waals surface area (Å²) >= 11 is 0. The predicted molar refractivity (Wildman–Crippen MR) is 96.9 cm³/mol. The Morgan fingerprint density at radius 1 is 1.00 bits per heavy atom. The molecule has 0 heterocycles. The Hall–Kier alpha value is -2.79. The van der Waals surface area contributed by atoms with Crippen LogP contribution in [0.2, 0.25) is 0 Å². The zero-order valence-corrected chi connectivity index (χ0v) is 16.1. The number of hydrogen-bond acceptors (Lipinski definition) is 5. The Morgan fingerprint density at radius 3 is 2.16 bits per heavy atom. The van der Waals surface area contributed by atoms with Gasteiger partial charge in [-0.05, 0) is 43.3 Å². The first-order valence-electron chi connectivity index (χ1n) is 8.97. The molecule has 0 aromatic heterocycles. The van der Waals surface area contributed by atoms with Crippen molar-refractivity contribution in [2.24, 2.45) is 0 Å². The quantitative estimate of drug-likeness (QED) is 0.271. The smallest absolute Gasteiger partial charge is 0.416 e. The van der Waals surface area contributed by atoms with Gasteiger partial charge in [0.05, 0.1) is 11.1 Å². The third-order valence-corrected chi connectivity index (χ3v) is 3.95. The molecule has 2 unspecified atom stereocenters. The maximum atomic E-state index is 13.0. The molecule has 2 atom stereocenters. The molecule has 0 saturated heterocycles. The van der Waals surface area contributed by atoms with Crippen LogP contribution < -0.4 is 10.1 Å². The lowest BCUT2D eigenvalue weighted by Gasteiger charge is -2.20. The van der Waals surface area contributed by atoms with Crippen LogP contribution in [0.5, 0.6) is 5.75 Å². The number of benzene rings is 2. The fourth-order valence-electron chi connectivity index (χ4n) is 2.48. The van der Waals surface area contributed by atoms with Crippen molar-refractivity contribution in [2.75, 3.05) is 13.2 Å². The van der Waals surface area contributed by atoms with E-state index in [0.29, 0.717) is 6.07 Å². The number of aliphatic hydroxyl groups excluding tert-OH is 1. The maximum Gasteiger partial charge on any atom is 0.416 e. The van der Waals surface area contributed by atoms with E-state index in [1.54, 1.807) is 0 Å². The molecule has 170 valence electrons. The third kappa shape index (κ3) is 7.44. The minimum Gasteiger partial charge on any atom is -0.474 e. The molecule has 2 aromatic rings. The lowest BCUT2D eigenvalue weighted by molar-refractivity contribution is -0.152. The Kier molecular flexibility index (Phi) is 7.91. The van der Waals surface area contributed by atoms with Gasteiger partial charge in [-0.1, -0.05) is 12.1 Å². The number of halogens is 6. The highest BCUT2D eigenvalue weighted by Gasteiger charge is 2.33. The van der Waals surface area contributed by atoms with E-state index in [0.717, 1.165) is 36.4 Å². The van der Waals surface area contributed by atoms with Gasteiger partial charge >= 0.3 is 18.3 Å². The van der Waals surface area contributed by atoms with E-state index >= 15 is 0 Å². The molecule has 11 heteroatoms. The fourth-order valence-corrected chi connectivity index (χ4v) is 2.48. The van der Waals surface area contributed by atoms with Gasteiger partial charge in [-0.2, -0.15) is 26.3 Å². The van der Waals surface area contributed by atoms with Gasteiger partial charge in [0.25, 0.3) is 0 Å². The second kappa shape index (κ2) is 10.0. The lowest BCUT2D eigenvalue weighted by atomic mass is 10.1. The Balaban J connectivity index is 2.26. The third-order valence-electron chi connectivity index (χ3n) is 3.95. The standard InChI is InChI=1S/C20H19F6NO4/c1-12(28)27-9-10-30-18(29)17(13-3-2-4-15(11-13)20(24,25)26)31-16-7-5-14(6-8-16)19(21,22)23/h2-8,11-12,17,27-28H,9-10H2,1H3. The van der Waals surface area contributed by atoms with Gasteiger partial charge in [0.2, 0.25) is 6.10 Å². The number of nitrogens with one attached hydrogen (secondary N) is 1. The van der Waals surface area contributed by atoms with E-state index in [-0.39, 0.29) is 24.5 Å². The van der Waals surface area contributed by atoms with E-state index in [2.05, 4.69) is 5.32 Å². The van der Waals surface area contributed by atoms with E-state index < -0.39 is 41.8 Å². The van der Waals surface area contributed by atoms with Gasteiger partial charge in [0.15, 0.2) is 0 Å². The number of ether oxygens (including phenoxy) is 2. The number of carbonyl (C=O) groups is 1. The molecule has 31 heavy (non-hydrogen) atoms. The summed E-state index contributed by atoms with van der Waals surface area (Å²) in [6.07, 6.45) is -11.8. The molecule has 0 aliphatic carbocycles. The molecule has 2 rings (SSSR count). The second-order valence-electron chi connectivity index (χ2n) is 6.44.